The van der Waals surface area contributed by atoms with Crippen LogP contribution < -0.4 is 10.6 Å². The van der Waals surface area contributed by atoms with Crippen molar-refractivity contribution >= 4 is 23.2 Å². The van der Waals surface area contributed by atoms with Gasteiger partial charge >= 0.3 is 6.18 Å². The van der Waals surface area contributed by atoms with E-state index in [-0.39, 0.29) is 17.3 Å². The maximum atomic E-state index is 13.1. The van der Waals surface area contributed by atoms with Gasteiger partial charge in [0.15, 0.2) is 0 Å². The Labute approximate surface area is 159 Å². The monoisotopic (exact) mass is 386 g/mol. The first-order chi connectivity index (χ1) is 13.4. The highest BCUT2D eigenvalue weighted by atomic mass is 19.4. The zero-order valence-electron chi connectivity index (χ0n) is 14.9. The molecule has 2 N–H and O–H groups in total. The molecule has 0 unspecified atom stereocenters. The average molecular weight is 386 g/mol. The molecule has 5 nitrogen and oxygen atoms in total. The molecule has 2 aromatic carbocycles. The Balaban J connectivity index is 1.82. The Morgan fingerprint density at radius 2 is 1.68 bits per heavy atom. The maximum absolute atomic E-state index is 13.1. The van der Waals surface area contributed by atoms with Gasteiger partial charge in [-0.1, -0.05) is 37.3 Å². The Kier molecular flexibility index (Phi) is 5.58. The van der Waals surface area contributed by atoms with Gasteiger partial charge in [-0.3, -0.25) is 4.79 Å². The molecule has 0 atom stereocenters. The van der Waals surface area contributed by atoms with Crippen LogP contribution in [0.5, 0.6) is 0 Å². The number of nitrogens with zero attached hydrogens (tertiary/aromatic N) is 2. The van der Waals surface area contributed by atoms with E-state index < -0.39 is 17.6 Å². The normalized spacial score (nSPS) is 11.1. The van der Waals surface area contributed by atoms with Crippen molar-refractivity contribution in [3.05, 3.63) is 77.6 Å². The average Bonchev–Trinajstić information content (AvgIpc) is 2.68. The fourth-order valence-electron chi connectivity index (χ4n) is 2.64. The van der Waals surface area contributed by atoms with Crippen LogP contribution in [0.2, 0.25) is 0 Å². The number of anilines is 3. The van der Waals surface area contributed by atoms with Crippen LogP contribution in [-0.2, 0) is 12.6 Å². The quantitative estimate of drug-likeness (QED) is 0.644. The number of rotatable bonds is 5. The van der Waals surface area contributed by atoms with Crippen molar-refractivity contribution in [1.82, 2.24) is 9.97 Å². The summed E-state index contributed by atoms with van der Waals surface area (Å²) in [6, 6.07) is 13.7. The largest absolute Gasteiger partial charge is 0.418 e. The lowest BCUT2D eigenvalue weighted by molar-refractivity contribution is -0.136. The molecular formula is C20H17F3N4O. The van der Waals surface area contributed by atoms with Gasteiger partial charge in [-0.15, -0.1) is 0 Å². The summed E-state index contributed by atoms with van der Waals surface area (Å²) in [5.41, 5.74) is 0.533. The molecule has 1 heterocycles. The first-order valence-electron chi connectivity index (χ1n) is 8.54. The number of amides is 1. The van der Waals surface area contributed by atoms with Crippen molar-refractivity contribution in [2.24, 2.45) is 0 Å². The smallest absolute Gasteiger partial charge is 0.324 e. The number of halogens is 3. The highest BCUT2D eigenvalue weighted by Crippen LogP contribution is 2.34. The number of hydrogen-bond acceptors (Lipinski definition) is 4. The predicted octanol–water partition coefficient (Wildman–Crippen LogP) is 5.05. The molecule has 3 rings (SSSR count). The Hall–Kier alpha value is -3.42. The van der Waals surface area contributed by atoms with Crippen molar-refractivity contribution in [3.63, 3.8) is 0 Å². The van der Waals surface area contributed by atoms with E-state index in [1.54, 1.807) is 0 Å². The van der Waals surface area contributed by atoms with E-state index >= 15 is 0 Å². The fourth-order valence-corrected chi connectivity index (χ4v) is 2.64. The van der Waals surface area contributed by atoms with Gasteiger partial charge in [-0.05, 0) is 36.2 Å². The lowest BCUT2D eigenvalue weighted by atomic mass is 10.1. The minimum absolute atomic E-state index is 0.0524. The summed E-state index contributed by atoms with van der Waals surface area (Å²) in [5, 5.41) is 5.31. The van der Waals surface area contributed by atoms with E-state index in [4.69, 9.17) is 0 Å². The SMILES string of the molecule is CCc1ccccc1Nc1nccc(C(=O)Nc2ccccc2C(F)(F)F)n1. The Morgan fingerprint density at radius 3 is 2.39 bits per heavy atom. The third-order valence-electron chi connectivity index (χ3n) is 4.01. The summed E-state index contributed by atoms with van der Waals surface area (Å²) in [7, 11) is 0. The molecule has 0 fully saturated rings. The molecule has 0 spiro atoms. The van der Waals surface area contributed by atoms with Crippen LogP contribution in [0.3, 0.4) is 0 Å². The predicted molar refractivity (Wildman–Crippen MR) is 101 cm³/mol. The number of carbonyl (C=O) groups is 1. The zero-order chi connectivity index (χ0) is 20.1. The van der Waals surface area contributed by atoms with E-state index in [0.29, 0.717) is 0 Å². The van der Waals surface area contributed by atoms with E-state index in [1.807, 2.05) is 31.2 Å². The lowest BCUT2D eigenvalue weighted by Crippen LogP contribution is -2.18. The second-order valence-electron chi connectivity index (χ2n) is 5.90. The van der Waals surface area contributed by atoms with E-state index in [2.05, 4.69) is 20.6 Å². The second kappa shape index (κ2) is 8.08. The van der Waals surface area contributed by atoms with Crippen molar-refractivity contribution in [2.45, 2.75) is 19.5 Å². The van der Waals surface area contributed by atoms with Crippen LogP contribution in [0.1, 0.15) is 28.5 Å². The van der Waals surface area contributed by atoms with Gasteiger partial charge in [0, 0.05) is 11.9 Å². The highest BCUT2D eigenvalue weighted by Gasteiger charge is 2.33. The molecule has 0 saturated heterocycles. The second-order valence-corrected chi connectivity index (χ2v) is 5.90. The number of para-hydroxylation sites is 2. The molecule has 0 aliphatic heterocycles. The maximum Gasteiger partial charge on any atom is 0.418 e. The summed E-state index contributed by atoms with van der Waals surface area (Å²) >= 11 is 0. The number of carbonyl (C=O) groups excluding carboxylic acids is 1. The van der Waals surface area contributed by atoms with Gasteiger partial charge in [0.1, 0.15) is 5.69 Å². The fraction of sp³-hybridized carbons (Fsp3) is 0.150. The number of alkyl halides is 3. The number of hydrogen-bond donors (Lipinski definition) is 2. The molecule has 0 saturated carbocycles. The van der Waals surface area contributed by atoms with E-state index in [1.165, 1.54) is 30.5 Å². The molecular weight excluding hydrogens is 369 g/mol. The summed E-state index contributed by atoms with van der Waals surface area (Å²) in [6.45, 7) is 2.00. The molecule has 0 aliphatic carbocycles. The summed E-state index contributed by atoms with van der Waals surface area (Å²) in [6.07, 6.45) is -2.42. The van der Waals surface area contributed by atoms with Gasteiger partial charge in [0.2, 0.25) is 5.95 Å². The minimum atomic E-state index is -4.58. The molecule has 1 aromatic heterocycles. The lowest BCUT2D eigenvalue weighted by Gasteiger charge is -2.13. The molecule has 8 heteroatoms. The first-order valence-corrected chi connectivity index (χ1v) is 8.54. The van der Waals surface area contributed by atoms with Gasteiger partial charge in [0.05, 0.1) is 11.3 Å². The van der Waals surface area contributed by atoms with Crippen molar-refractivity contribution in [3.8, 4) is 0 Å². The number of nitrogens with one attached hydrogen (secondary N) is 2. The standard InChI is InChI=1S/C20H17F3N4O/c1-2-13-7-3-5-9-15(13)26-19-24-12-11-17(27-19)18(28)25-16-10-6-4-8-14(16)20(21,22)23/h3-12H,2H2,1H3,(H,25,28)(H,24,26,27). The zero-order valence-corrected chi connectivity index (χ0v) is 14.9. The van der Waals surface area contributed by atoms with Crippen molar-refractivity contribution < 1.29 is 18.0 Å². The summed E-state index contributed by atoms with van der Waals surface area (Å²) in [5.74, 6) is -0.580. The summed E-state index contributed by atoms with van der Waals surface area (Å²) in [4.78, 5) is 20.6. The van der Waals surface area contributed by atoms with E-state index in [9.17, 15) is 18.0 Å². The van der Waals surface area contributed by atoms with Crippen LogP contribution in [0.15, 0.2) is 60.8 Å². The molecule has 28 heavy (non-hydrogen) atoms. The van der Waals surface area contributed by atoms with Gasteiger partial charge in [-0.2, -0.15) is 13.2 Å². The van der Waals surface area contributed by atoms with Crippen LogP contribution in [0, 0.1) is 0 Å². The van der Waals surface area contributed by atoms with Crippen molar-refractivity contribution in [2.75, 3.05) is 10.6 Å². The van der Waals surface area contributed by atoms with Crippen LogP contribution in [0.4, 0.5) is 30.5 Å². The molecule has 144 valence electrons. The Morgan fingerprint density at radius 1 is 1.00 bits per heavy atom. The third kappa shape index (κ3) is 4.46. The third-order valence-corrected chi connectivity index (χ3v) is 4.01. The van der Waals surface area contributed by atoms with Gasteiger partial charge in [-0.25, -0.2) is 9.97 Å². The van der Waals surface area contributed by atoms with Gasteiger partial charge < -0.3 is 10.6 Å². The molecule has 1 amide bonds. The van der Waals surface area contributed by atoms with Gasteiger partial charge in [0.25, 0.3) is 5.91 Å². The molecule has 3 aromatic rings. The van der Waals surface area contributed by atoms with Crippen molar-refractivity contribution in [1.29, 1.82) is 0 Å². The van der Waals surface area contributed by atoms with E-state index in [0.717, 1.165) is 23.7 Å². The number of aromatic nitrogens is 2. The molecule has 0 aliphatic rings. The first kappa shape index (κ1) is 19.3. The van der Waals surface area contributed by atoms with Crippen LogP contribution in [0.25, 0.3) is 0 Å². The number of aryl methyl sites for hydroxylation is 1. The minimum Gasteiger partial charge on any atom is -0.324 e. The Bertz CT molecular complexity index is 989. The molecule has 0 bridgehead atoms. The highest BCUT2D eigenvalue weighted by molar-refractivity contribution is 6.03. The summed E-state index contributed by atoms with van der Waals surface area (Å²) < 4.78 is 39.3. The van der Waals surface area contributed by atoms with Crippen LogP contribution in [-0.4, -0.2) is 15.9 Å². The van der Waals surface area contributed by atoms with Crippen LogP contribution >= 0.6 is 0 Å². The molecule has 0 radical (unpaired) electrons. The number of benzene rings is 2. The topological polar surface area (TPSA) is 66.9 Å².